The molecule has 0 aromatic rings. The molecule has 0 heterocycles. The van der Waals surface area contributed by atoms with Gasteiger partial charge in [-0.15, -0.1) is 0 Å². The van der Waals surface area contributed by atoms with Crippen molar-refractivity contribution < 1.29 is 4.79 Å². The Morgan fingerprint density at radius 1 is 1.10 bits per heavy atom. The van der Waals surface area contributed by atoms with Crippen molar-refractivity contribution >= 4 is 5.78 Å². The van der Waals surface area contributed by atoms with Gasteiger partial charge in [0.1, 0.15) is 0 Å². The van der Waals surface area contributed by atoms with Crippen LogP contribution in [-0.2, 0) is 4.79 Å². The van der Waals surface area contributed by atoms with E-state index in [1.54, 1.807) is 0 Å². The molecule has 1 aliphatic carbocycles. The van der Waals surface area contributed by atoms with Gasteiger partial charge < -0.3 is 5.32 Å². The van der Waals surface area contributed by atoms with E-state index < -0.39 is 0 Å². The van der Waals surface area contributed by atoms with Crippen molar-refractivity contribution in [1.29, 1.82) is 0 Å². The van der Waals surface area contributed by atoms with Gasteiger partial charge in [-0.05, 0) is 64.2 Å². The van der Waals surface area contributed by atoms with Gasteiger partial charge in [0.25, 0.3) is 0 Å². The number of rotatable bonds is 4. The molecule has 0 aliphatic heterocycles. The van der Waals surface area contributed by atoms with E-state index in [4.69, 9.17) is 0 Å². The van der Waals surface area contributed by atoms with Crippen molar-refractivity contribution in [3.63, 3.8) is 0 Å². The first-order valence-corrected chi connectivity index (χ1v) is 8.62. The predicted molar refractivity (Wildman–Crippen MR) is 91.5 cm³/mol. The highest BCUT2D eigenvalue weighted by atomic mass is 16.1. The fourth-order valence-corrected chi connectivity index (χ4v) is 3.30. The minimum absolute atomic E-state index is 0.00351. The molecule has 0 spiro atoms. The number of Topliss-reactive ketones (excluding diaryl/α,β-unsaturated/α-hetero) is 1. The van der Waals surface area contributed by atoms with Crippen molar-refractivity contribution in [2.24, 2.45) is 16.7 Å². The maximum atomic E-state index is 12.8. The maximum absolute atomic E-state index is 12.8. The van der Waals surface area contributed by atoms with Crippen molar-refractivity contribution in [3.05, 3.63) is 0 Å². The summed E-state index contributed by atoms with van der Waals surface area (Å²) in [6.45, 7) is 17.3. The Balaban J connectivity index is 2.72. The quantitative estimate of drug-likeness (QED) is 0.793. The topological polar surface area (TPSA) is 29.1 Å². The highest BCUT2D eigenvalue weighted by molar-refractivity contribution is 5.88. The molecule has 2 nitrogen and oxygen atoms in total. The van der Waals surface area contributed by atoms with Crippen LogP contribution in [0.5, 0.6) is 0 Å². The highest BCUT2D eigenvalue weighted by Gasteiger charge is 2.35. The van der Waals surface area contributed by atoms with E-state index in [0.29, 0.717) is 17.1 Å². The minimum Gasteiger partial charge on any atom is -0.303 e. The molecule has 124 valence electrons. The second-order valence-corrected chi connectivity index (χ2v) is 9.90. The third-order valence-electron chi connectivity index (χ3n) is 4.69. The second-order valence-electron chi connectivity index (χ2n) is 9.90. The third-order valence-corrected chi connectivity index (χ3v) is 4.69. The first-order valence-electron chi connectivity index (χ1n) is 8.62. The SMILES string of the molecule is CC1(C)CCC(CC(NC(C)(C)C)C(=O)C(C)(C)C)CC1. The Bertz CT molecular complexity index is 347. The van der Waals surface area contributed by atoms with E-state index in [2.05, 4.69) is 39.9 Å². The lowest BCUT2D eigenvalue weighted by molar-refractivity contribution is -0.129. The summed E-state index contributed by atoms with van der Waals surface area (Å²) < 4.78 is 0. The van der Waals surface area contributed by atoms with E-state index in [0.717, 1.165) is 6.42 Å². The van der Waals surface area contributed by atoms with E-state index in [1.807, 2.05) is 20.8 Å². The average Bonchev–Trinajstić information content (AvgIpc) is 2.27. The summed E-state index contributed by atoms with van der Waals surface area (Å²) in [5, 5.41) is 3.58. The van der Waals surface area contributed by atoms with E-state index >= 15 is 0 Å². The van der Waals surface area contributed by atoms with Gasteiger partial charge in [0.05, 0.1) is 6.04 Å². The van der Waals surface area contributed by atoms with Crippen LogP contribution in [0.25, 0.3) is 0 Å². The molecule has 0 bridgehead atoms. The largest absolute Gasteiger partial charge is 0.303 e. The van der Waals surface area contributed by atoms with E-state index in [9.17, 15) is 4.79 Å². The van der Waals surface area contributed by atoms with Gasteiger partial charge in [-0.2, -0.15) is 0 Å². The normalized spacial score (nSPS) is 22.1. The van der Waals surface area contributed by atoms with Crippen LogP contribution in [0.3, 0.4) is 0 Å². The van der Waals surface area contributed by atoms with Gasteiger partial charge in [-0.3, -0.25) is 4.79 Å². The van der Waals surface area contributed by atoms with Gasteiger partial charge in [0.2, 0.25) is 0 Å². The summed E-state index contributed by atoms with van der Waals surface area (Å²) >= 11 is 0. The average molecular weight is 296 g/mol. The third kappa shape index (κ3) is 6.50. The number of carbonyl (C=O) groups is 1. The molecule has 1 rings (SSSR count). The monoisotopic (exact) mass is 295 g/mol. The summed E-state index contributed by atoms with van der Waals surface area (Å²) in [5.41, 5.74) is 0.216. The molecule has 0 aromatic heterocycles. The zero-order valence-corrected chi connectivity index (χ0v) is 15.6. The van der Waals surface area contributed by atoms with Gasteiger partial charge >= 0.3 is 0 Å². The van der Waals surface area contributed by atoms with Crippen LogP contribution < -0.4 is 5.32 Å². The lowest BCUT2D eigenvalue weighted by Gasteiger charge is -2.38. The molecule has 2 heteroatoms. The zero-order valence-electron chi connectivity index (χ0n) is 15.6. The zero-order chi connectivity index (χ0) is 16.5. The molecule has 1 aliphatic rings. The van der Waals surface area contributed by atoms with Crippen LogP contribution in [-0.4, -0.2) is 17.4 Å². The first-order chi connectivity index (χ1) is 9.30. The molecular formula is C19H37NO. The summed E-state index contributed by atoms with van der Waals surface area (Å²) in [7, 11) is 0. The molecule has 1 fully saturated rings. The maximum Gasteiger partial charge on any atom is 0.155 e. The van der Waals surface area contributed by atoms with Crippen molar-refractivity contribution in [3.8, 4) is 0 Å². The van der Waals surface area contributed by atoms with Gasteiger partial charge in [0, 0.05) is 11.0 Å². The predicted octanol–water partition coefficient (Wildman–Crippen LogP) is 4.96. The second kappa shape index (κ2) is 6.40. The Morgan fingerprint density at radius 2 is 1.57 bits per heavy atom. The molecule has 1 atom stereocenters. The van der Waals surface area contributed by atoms with Crippen LogP contribution in [0, 0.1) is 16.7 Å². The van der Waals surface area contributed by atoms with Crippen molar-refractivity contribution in [1.82, 2.24) is 5.32 Å². The number of hydrogen-bond donors (Lipinski definition) is 1. The molecule has 21 heavy (non-hydrogen) atoms. The van der Waals surface area contributed by atoms with Gasteiger partial charge in [-0.1, -0.05) is 34.6 Å². The summed E-state index contributed by atoms with van der Waals surface area (Å²) in [4.78, 5) is 12.8. The number of carbonyl (C=O) groups excluding carboxylic acids is 1. The molecule has 0 radical (unpaired) electrons. The molecule has 1 saturated carbocycles. The van der Waals surface area contributed by atoms with Crippen LogP contribution >= 0.6 is 0 Å². The fraction of sp³-hybridized carbons (Fsp3) is 0.947. The van der Waals surface area contributed by atoms with Crippen LogP contribution in [0.1, 0.15) is 87.5 Å². The Labute approximate surface area is 132 Å². The van der Waals surface area contributed by atoms with Gasteiger partial charge in [0.15, 0.2) is 5.78 Å². The van der Waals surface area contributed by atoms with Gasteiger partial charge in [-0.25, -0.2) is 0 Å². The van der Waals surface area contributed by atoms with E-state index in [1.165, 1.54) is 25.7 Å². The van der Waals surface area contributed by atoms with Crippen LogP contribution in [0.15, 0.2) is 0 Å². The number of hydrogen-bond acceptors (Lipinski definition) is 2. The summed E-state index contributed by atoms with van der Waals surface area (Å²) in [6, 6.07) is -0.00351. The van der Waals surface area contributed by atoms with Crippen molar-refractivity contribution in [2.75, 3.05) is 0 Å². The molecule has 0 aromatic carbocycles. The highest BCUT2D eigenvalue weighted by Crippen LogP contribution is 2.40. The molecule has 0 saturated heterocycles. The lowest BCUT2D eigenvalue weighted by Crippen LogP contribution is -2.51. The Morgan fingerprint density at radius 3 is 1.95 bits per heavy atom. The Hall–Kier alpha value is -0.370. The number of nitrogens with one attached hydrogen (secondary N) is 1. The molecule has 0 amide bonds. The lowest BCUT2D eigenvalue weighted by atomic mass is 9.70. The molecule has 1 N–H and O–H groups in total. The van der Waals surface area contributed by atoms with Crippen LogP contribution in [0.4, 0.5) is 0 Å². The summed E-state index contributed by atoms with van der Waals surface area (Å²) in [6.07, 6.45) is 6.14. The number of ketones is 1. The van der Waals surface area contributed by atoms with E-state index in [-0.39, 0.29) is 17.0 Å². The Kier molecular flexibility index (Phi) is 5.69. The first kappa shape index (κ1) is 18.7. The van der Waals surface area contributed by atoms with Crippen LogP contribution in [0.2, 0.25) is 0 Å². The standard InChI is InChI=1S/C19H37NO/c1-17(2,3)16(21)15(20-18(4,5)6)13-14-9-11-19(7,8)12-10-14/h14-15,20H,9-13H2,1-8H3. The molecule has 1 unspecified atom stereocenters. The minimum atomic E-state index is -0.267. The van der Waals surface area contributed by atoms with Crippen molar-refractivity contribution in [2.45, 2.75) is 99.1 Å². The fourth-order valence-electron chi connectivity index (χ4n) is 3.30. The summed E-state index contributed by atoms with van der Waals surface area (Å²) in [5.74, 6) is 1.06. The molecular weight excluding hydrogens is 258 g/mol. The smallest absolute Gasteiger partial charge is 0.155 e.